The standard InChI is InChI=1S/C9H18N2O4/c1-6(4-10)2-3-8(13)11-5-7(12)9(14)15/h6-7,12H,2-5,10H2,1H3,(H,11,13)(H,14,15). The molecule has 0 heterocycles. The zero-order valence-corrected chi connectivity index (χ0v) is 8.77. The molecule has 0 aliphatic carbocycles. The monoisotopic (exact) mass is 218 g/mol. The molecule has 0 bridgehead atoms. The van der Waals surface area contributed by atoms with Crippen LogP contribution in [0.15, 0.2) is 0 Å². The van der Waals surface area contributed by atoms with E-state index in [0.717, 1.165) is 0 Å². The molecule has 5 N–H and O–H groups in total. The largest absolute Gasteiger partial charge is 0.479 e. The molecular formula is C9H18N2O4. The lowest BCUT2D eigenvalue weighted by atomic mass is 10.1. The Kier molecular flexibility index (Phi) is 6.64. The predicted octanol–water partition coefficient (Wildman–Crippen LogP) is -1.08. The number of aliphatic hydroxyl groups is 1. The Bertz CT molecular complexity index is 220. The molecule has 88 valence electrons. The molecule has 0 saturated heterocycles. The molecule has 0 aliphatic rings. The van der Waals surface area contributed by atoms with Gasteiger partial charge in [-0.2, -0.15) is 0 Å². The summed E-state index contributed by atoms with van der Waals surface area (Å²) in [6, 6.07) is 0. The van der Waals surface area contributed by atoms with E-state index in [-0.39, 0.29) is 18.4 Å². The molecule has 2 unspecified atom stereocenters. The highest BCUT2D eigenvalue weighted by Crippen LogP contribution is 2.02. The third-order valence-electron chi connectivity index (χ3n) is 2.04. The summed E-state index contributed by atoms with van der Waals surface area (Å²) in [5, 5.41) is 19.5. The molecule has 0 aromatic heterocycles. The Labute approximate surface area is 88.5 Å². The van der Waals surface area contributed by atoms with Gasteiger partial charge in [-0.25, -0.2) is 4.79 Å². The number of hydrogen-bond acceptors (Lipinski definition) is 4. The van der Waals surface area contributed by atoms with Gasteiger partial charge in [-0.15, -0.1) is 0 Å². The van der Waals surface area contributed by atoms with Crippen LogP contribution in [0.3, 0.4) is 0 Å². The van der Waals surface area contributed by atoms with Crippen LogP contribution in [-0.2, 0) is 9.59 Å². The molecule has 0 spiro atoms. The predicted molar refractivity (Wildman–Crippen MR) is 54.1 cm³/mol. The zero-order chi connectivity index (χ0) is 11.8. The van der Waals surface area contributed by atoms with Gasteiger partial charge >= 0.3 is 5.97 Å². The van der Waals surface area contributed by atoms with Crippen molar-refractivity contribution in [2.24, 2.45) is 11.7 Å². The van der Waals surface area contributed by atoms with E-state index in [0.29, 0.717) is 19.4 Å². The van der Waals surface area contributed by atoms with E-state index >= 15 is 0 Å². The van der Waals surface area contributed by atoms with Crippen LogP contribution in [0.25, 0.3) is 0 Å². The van der Waals surface area contributed by atoms with Crippen LogP contribution in [-0.4, -0.2) is 41.3 Å². The van der Waals surface area contributed by atoms with Crippen LogP contribution in [0.1, 0.15) is 19.8 Å². The highest BCUT2D eigenvalue weighted by molar-refractivity contribution is 5.77. The SMILES string of the molecule is CC(CN)CCC(=O)NCC(O)C(=O)O. The summed E-state index contributed by atoms with van der Waals surface area (Å²) in [5.74, 6) is -1.35. The van der Waals surface area contributed by atoms with Crippen molar-refractivity contribution in [2.75, 3.05) is 13.1 Å². The number of rotatable bonds is 7. The fourth-order valence-electron chi connectivity index (χ4n) is 0.882. The van der Waals surface area contributed by atoms with E-state index in [1.807, 2.05) is 6.92 Å². The number of hydrogen-bond donors (Lipinski definition) is 4. The van der Waals surface area contributed by atoms with Crippen LogP contribution < -0.4 is 11.1 Å². The summed E-state index contributed by atoms with van der Waals surface area (Å²) in [6.07, 6.45) is -0.586. The van der Waals surface area contributed by atoms with E-state index in [2.05, 4.69) is 5.32 Å². The first-order valence-electron chi connectivity index (χ1n) is 4.85. The molecule has 0 aromatic rings. The van der Waals surface area contributed by atoms with Crippen LogP contribution in [0, 0.1) is 5.92 Å². The lowest BCUT2D eigenvalue weighted by molar-refractivity contribution is -0.146. The molecule has 0 aromatic carbocycles. The first kappa shape index (κ1) is 13.9. The number of aliphatic hydroxyl groups excluding tert-OH is 1. The average molecular weight is 218 g/mol. The Morgan fingerprint density at radius 3 is 2.53 bits per heavy atom. The second kappa shape index (κ2) is 7.19. The van der Waals surface area contributed by atoms with Crippen molar-refractivity contribution in [3.05, 3.63) is 0 Å². The van der Waals surface area contributed by atoms with Gasteiger partial charge in [0.05, 0.1) is 6.54 Å². The number of carbonyl (C=O) groups is 2. The van der Waals surface area contributed by atoms with Crippen molar-refractivity contribution in [3.8, 4) is 0 Å². The first-order chi connectivity index (χ1) is 6.97. The third-order valence-corrected chi connectivity index (χ3v) is 2.04. The van der Waals surface area contributed by atoms with E-state index in [9.17, 15) is 9.59 Å². The van der Waals surface area contributed by atoms with Crippen molar-refractivity contribution in [1.29, 1.82) is 0 Å². The molecule has 1 amide bonds. The van der Waals surface area contributed by atoms with E-state index in [4.69, 9.17) is 15.9 Å². The van der Waals surface area contributed by atoms with Crippen LogP contribution in [0.4, 0.5) is 0 Å². The van der Waals surface area contributed by atoms with Gasteiger partial charge in [-0.3, -0.25) is 4.79 Å². The maximum absolute atomic E-state index is 11.1. The fraction of sp³-hybridized carbons (Fsp3) is 0.778. The summed E-state index contributed by atoms with van der Waals surface area (Å²) in [6.45, 7) is 2.19. The van der Waals surface area contributed by atoms with Gasteiger partial charge in [-0.05, 0) is 18.9 Å². The number of aliphatic carboxylic acids is 1. The molecule has 0 rings (SSSR count). The van der Waals surface area contributed by atoms with Gasteiger partial charge < -0.3 is 21.3 Å². The molecule has 0 saturated carbocycles. The maximum atomic E-state index is 11.1. The lowest BCUT2D eigenvalue weighted by Gasteiger charge is -2.09. The minimum absolute atomic E-state index is 0.259. The minimum Gasteiger partial charge on any atom is -0.479 e. The number of carbonyl (C=O) groups excluding carboxylic acids is 1. The number of amides is 1. The summed E-state index contributed by atoms with van der Waals surface area (Å²) >= 11 is 0. The van der Waals surface area contributed by atoms with Crippen LogP contribution in [0.2, 0.25) is 0 Å². The molecular weight excluding hydrogens is 200 g/mol. The molecule has 6 heteroatoms. The van der Waals surface area contributed by atoms with Gasteiger partial charge in [0.25, 0.3) is 0 Å². The Balaban J connectivity index is 3.62. The first-order valence-corrected chi connectivity index (χ1v) is 4.85. The summed E-state index contributed by atoms with van der Waals surface area (Å²) < 4.78 is 0. The minimum atomic E-state index is -1.54. The number of carboxylic acids is 1. The Hall–Kier alpha value is -1.14. The van der Waals surface area contributed by atoms with Gasteiger partial charge in [0.1, 0.15) is 0 Å². The van der Waals surface area contributed by atoms with E-state index < -0.39 is 12.1 Å². The molecule has 0 aliphatic heterocycles. The second-order valence-electron chi connectivity index (χ2n) is 3.54. The average Bonchev–Trinajstić information content (AvgIpc) is 2.21. The number of nitrogens with two attached hydrogens (primary N) is 1. The zero-order valence-electron chi connectivity index (χ0n) is 8.77. The van der Waals surface area contributed by atoms with Gasteiger partial charge in [0.2, 0.25) is 5.91 Å². The lowest BCUT2D eigenvalue weighted by Crippen LogP contribution is -2.36. The van der Waals surface area contributed by atoms with E-state index in [1.54, 1.807) is 0 Å². The fourth-order valence-corrected chi connectivity index (χ4v) is 0.882. The van der Waals surface area contributed by atoms with Gasteiger partial charge in [0.15, 0.2) is 6.10 Å². The number of nitrogens with one attached hydrogen (secondary N) is 1. The van der Waals surface area contributed by atoms with Crippen molar-refractivity contribution in [2.45, 2.75) is 25.9 Å². The van der Waals surface area contributed by atoms with Gasteiger partial charge in [-0.1, -0.05) is 6.92 Å². The summed E-state index contributed by atoms with van der Waals surface area (Å²) in [7, 11) is 0. The topological polar surface area (TPSA) is 113 Å². The van der Waals surface area contributed by atoms with Crippen molar-refractivity contribution in [1.82, 2.24) is 5.32 Å². The molecule has 6 nitrogen and oxygen atoms in total. The summed E-state index contributed by atoms with van der Waals surface area (Å²) in [5.41, 5.74) is 5.37. The molecule has 0 fully saturated rings. The van der Waals surface area contributed by atoms with Crippen LogP contribution in [0.5, 0.6) is 0 Å². The van der Waals surface area contributed by atoms with E-state index in [1.165, 1.54) is 0 Å². The molecule has 2 atom stereocenters. The number of carboxylic acid groups (broad SMARTS) is 1. The Morgan fingerprint density at radius 2 is 2.07 bits per heavy atom. The third kappa shape index (κ3) is 6.87. The highest BCUT2D eigenvalue weighted by Gasteiger charge is 2.14. The second-order valence-corrected chi connectivity index (χ2v) is 3.54. The maximum Gasteiger partial charge on any atom is 0.334 e. The van der Waals surface area contributed by atoms with Crippen molar-refractivity contribution in [3.63, 3.8) is 0 Å². The van der Waals surface area contributed by atoms with Crippen molar-refractivity contribution < 1.29 is 19.8 Å². The highest BCUT2D eigenvalue weighted by atomic mass is 16.4. The smallest absolute Gasteiger partial charge is 0.334 e. The van der Waals surface area contributed by atoms with Gasteiger partial charge in [0, 0.05) is 6.42 Å². The summed E-state index contributed by atoms with van der Waals surface area (Å²) in [4.78, 5) is 21.3. The molecule has 15 heavy (non-hydrogen) atoms. The van der Waals surface area contributed by atoms with Crippen LogP contribution >= 0.6 is 0 Å². The quantitative estimate of drug-likeness (QED) is 0.434. The normalized spacial score (nSPS) is 14.3. The molecule has 0 radical (unpaired) electrons. The Morgan fingerprint density at radius 1 is 1.47 bits per heavy atom. The van der Waals surface area contributed by atoms with Crippen molar-refractivity contribution >= 4 is 11.9 Å².